The molecule has 1 aromatic carbocycles. The molecule has 0 spiro atoms. The minimum absolute atomic E-state index is 0.0267. The molecular weight excluding hydrogens is 649 g/mol. The summed E-state index contributed by atoms with van der Waals surface area (Å²) in [5, 5.41) is 32.5. The Balaban J connectivity index is 2.03. The van der Waals surface area contributed by atoms with Crippen LogP contribution in [0.25, 0.3) is 17.3 Å². The molecule has 17 nitrogen and oxygen atoms in total. The number of hydrogen-bond acceptors (Lipinski definition) is 15. The lowest BCUT2D eigenvalue weighted by atomic mass is 9.97. The molecule has 2 rings (SSSR count). The van der Waals surface area contributed by atoms with Crippen LogP contribution in [0.2, 0.25) is 0 Å². The number of nitrogens with zero attached hydrogens (tertiary/aromatic N) is 5. The molecule has 3 unspecified atom stereocenters. The van der Waals surface area contributed by atoms with E-state index in [1.54, 1.807) is 0 Å². The first-order valence-electron chi connectivity index (χ1n) is 14.3. The molecule has 47 heavy (non-hydrogen) atoms. The largest absolute Gasteiger partial charge is 0.466 e. The molecule has 19 heteroatoms. The van der Waals surface area contributed by atoms with E-state index >= 15 is 0 Å². The summed E-state index contributed by atoms with van der Waals surface area (Å²) >= 11 is 0. The van der Waals surface area contributed by atoms with Gasteiger partial charge in [-0.3, -0.25) is 4.79 Å². The fourth-order valence-corrected chi connectivity index (χ4v) is 4.38. The number of sulfonamides is 1. The van der Waals surface area contributed by atoms with Crippen LogP contribution < -0.4 is 4.31 Å². The predicted octanol–water partition coefficient (Wildman–Crippen LogP) is 2.54. The maximum atomic E-state index is 13.7. The zero-order valence-corrected chi connectivity index (χ0v) is 27.0. The van der Waals surface area contributed by atoms with Gasteiger partial charge in [0.15, 0.2) is 11.4 Å². The smallest absolute Gasteiger partial charge is 0.308 e. The quantitative estimate of drug-likeness (QED) is 0.0632. The lowest BCUT2D eigenvalue weighted by Crippen LogP contribution is -2.27. The minimum Gasteiger partial charge on any atom is -0.466 e. The van der Waals surface area contributed by atoms with E-state index in [0.717, 1.165) is 10.6 Å². The molecule has 0 radical (unpaired) electrons. The summed E-state index contributed by atoms with van der Waals surface area (Å²) in [5.74, 6) is -1.55. The molecular formula is C28H38FN5O12S. The number of aromatic nitrogens is 2. The Morgan fingerprint density at radius 3 is 2.45 bits per heavy atom. The van der Waals surface area contributed by atoms with Gasteiger partial charge in [0.1, 0.15) is 12.4 Å². The number of aliphatic hydroxyl groups excluding tert-OH is 2. The molecule has 0 aliphatic carbocycles. The van der Waals surface area contributed by atoms with Gasteiger partial charge in [0.05, 0.1) is 49.5 Å². The van der Waals surface area contributed by atoms with Crippen LogP contribution in [0.1, 0.15) is 50.3 Å². The average molecular weight is 688 g/mol. The number of anilines is 1. The Kier molecular flexibility index (Phi) is 15.5. The second-order valence-electron chi connectivity index (χ2n) is 10.6. The highest BCUT2D eigenvalue weighted by atomic mass is 32.2. The minimum atomic E-state index is -3.71. The van der Waals surface area contributed by atoms with Crippen LogP contribution in [0.15, 0.2) is 35.7 Å². The van der Waals surface area contributed by atoms with E-state index in [4.69, 9.17) is 9.47 Å². The molecule has 0 aliphatic heterocycles. The molecule has 1 heterocycles. The predicted molar refractivity (Wildman–Crippen MR) is 165 cm³/mol. The summed E-state index contributed by atoms with van der Waals surface area (Å²) < 4.78 is 49.3. The number of carbonyl (C=O) groups excluding carboxylic acids is 1. The molecule has 2 N–H and O–H groups in total. The summed E-state index contributed by atoms with van der Waals surface area (Å²) in [5.41, 5.74) is 1.65. The van der Waals surface area contributed by atoms with E-state index in [0.29, 0.717) is 16.8 Å². The summed E-state index contributed by atoms with van der Waals surface area (Å²) in [6, 6.07) is 5.41. The molecule has 0 aliphatic rings. The van der Waals surface area contributed by atoms with E-state index in [1.165, 1.54) is 43.5 Å². The van der Waals surface area contributed by atoms with Gasteiger partial charge in [-0.1, -0.05) is 26.0 Å². The molecule has 0 saturated carbocycles. The van der Waals surface area contributed by atoms with E-state index in [-0.39, 0.29) is 50.2 Å². The van der Waals surface area contributed by atoms with Crippen molar-refractivity contribution in [3.05, 3.63) is 62.4 Å². The molecule has 0 saturated heterocycles. The van der Waals surface area contributed by atoms with Crippen LogP contribution in [0.5, 0.6) is 0 Å². The van der Waals surface area contributed by atoms with Gasteiger partial charge in [-0.2, -0.15) is 0 Å². The second kappa shape index (κ2) is 18.7. The van der Waals surface area contributed by atoms with Crippen LogP contribution in [0.4, 0.5) is 10.3 Å². The molecule has 260 valence electrons. The Morgan fingerprint density at radius 2 is 1.85 bits per heavy atom. The lowest BCUT2D eigenvalue weighted by molar-refractivity contribution is -0.769. The molecule has 3 atom stereocenters. The van der Waals surface area contributed by atoms with Gasteiger partial charge < -0.3 is 29.4 Å². The highest BCUT2D eigenvalue weighted by molar-refractivity contribution is 7.92. The fourth-order valence-electron chi connectivity index (χ4n) is 4.00. The molecule has 0 amide bonds. The number of ether oxygens (including phenoxy) is 2. The number of esters is 1. The van der Waals surface area contributed by atoms with Crippen LogP contribution in [0.3, 0.4) is 0 Å². The van der Waals surface area contributed by atoms with Crippen molar-refractivity contribution in [2.24, 2.45) is 5.34 Å². The van der Waals surface area contributed by atoms with Crippen LogP contribution in [0, 0.1) is 20.8 Å². The van der Waals surface area contributed by atoms with Crippen molar-refractivity contribution in [2.45, 2.75) is 57.3 Å². The van der Waals surface area contributed by atoms with Gasteiger partial charge in [-0.25, -0.2) is 27.1 Å². The normalized spacial score (nSPS) is 13.6. The third-order valence-corrected chi connectivity index (χ3v) is 7.51. The summed E-state index contributed by atoms with van der Waals surface area (Å²) in [6.45, 7) is 2.83. The van der Waals surface area contributed by atoms with Crippen molar-refractivity contribution in [3.8, 4) is 11.3 Å². The highest BCUT2D eigenvalue weighted by Crippen LogP contribution is 2.31. The highest BCUT2D eigenvalue weighted by Gasteiger charge is 2.23. The zero-order valence-electron chi connectivity index (χ0n) is 26.2. The topological polar surface area (TPSA) is 230 Å². The third kappa shape index (κ3) is 13.5. The van der Waals surface area contributed by atoms with E-state index in [9.17, 15) is 42.8 Å². The van der Waals surface area contributed by atoms with E-state index in [2.05, 4.69) is 25.0 Å². The molecule has 1 aromatic heterocycles. The number of carbonyl (C=O) groups is 1. The molecule has 2 aromatic rings. The summed E-state index contributed by atoms with van der Waals surface area (Å²) in [7, 11) is -2.40. The number of aliphatic hydroxyl groups is 2. The van der Waals surface area contributed by atoms with Crippen molar-refractivity contribution in [2.75, 3.05) is 44.0 Å². The van der Waals surface area contributed by atoms with Crippen LogP contribution in [-0.2, 0) is 34.0 Å². The Morgan fingerprint density at radius 1 is 1.17 bits per heavy atom. The Labute approximate surface area is 270 Å². The maximum Gasteiger partial charge on any atom is 0.308 e. The molecule has 0 fully saturated rings. The number of halogens is 1. The van der Waals surface area contributed by atoms with E-state index < -0.39 is 58.2 Å². The average Bonchev–Trinajstić information content (AvgIpc) is 2.99. The van der Waals surface area contributed by atoms with Crippen molar-refractivity contribution in [1.29, 1.82) is 0 Å². The zero-order chi connectivity index (χ0) is 35.1. The monoisotopic (exact) mass is 687 g/mol. The van der Waals surface area contributed by atoms with Gasteiger partial charge in [0.25, 0.3) is 5.09 Å². The SMILES string of the molecule is CC(C)c1nc(N(C)S(C)(=O)=O)nc(-c2ccc(F)cc2)c1/C=C/C(O)CC(O)CC(=O)OCCCOCC(CON=O)O[N+](=O)[O-]. The van der Waals surface area contributed by atoms with Crippen LogP contribution in [-0.4, -0.2) is 97.7 Å². The van der Waals surface area contributed by atoms with E-state index in [1.807, 2.05) is 13.8 Å². The van der Waals surface area contributed by atoms with Gasteiger partial charge in [-0.15, -0.1) is 15.0 Å². The van der Waals surface area contributed by atoms with Crippen molar-refractivity contribution in [3.63, 3.8) is 0 Å². The number of hydrogen-bond donors (Lipinski definition) is 2. The van der Waals surface area contributed by atoms with Crippen LogP contribution >= 0.6 is 0 Å². The van der Waals surface area contributed by atoms with Crippen molar-refractivity contribution >= 4 is 28.0 Å². The first kappa shape index (κ1) is 38.9. The first-order chi connectivity index (χ1) is 22.1. The lowest BCUT2D eigenvalue weighted by Gasteiger charge is -2.20. The van der Waals surface area contributed by atoms with Gasteiger partial charge in [-0.05, 0) is 30.2 Å². The third-order valence-electron chi connectivity index (χ3n) is 6.36. The first-order valence-corrected chi connectivity index (χ1v) is 16.1. The number of benzene rings is 1. The van der Waals surface area contributed by atoms with Crippen molar-refractivity contribution in [1.82, 2.24) is 9.97 Å². The molecule has 0 bridgehead atoms. The van der Waals surface area contributed by atoms with Gasteiger partial charge in [0.2, 0.25) is 16.0 Å². The number of rotatable bonds is 21. The summed E-state index contributed by atoms with van der Waals surface area (Å²) in [6.07, 6.45) is -0.219. The Bertz CT molecular complexity index is 1480. The maximum absolute atomic E-state index is 13.7. The van der Waals surface area contributed by atoms with Crippen molar-refractivity contribution < 1.29 is 52.1 Å². The summed E-state index contributed by atoms with van der Waals surface area (Å²) in [4.78, 5) is 49.9. The van der Waals surface area contributed by atoms with Gasteiger partial charge >= 0.3 is 5.97 Å². The Hall–Kier alpha value is -4.33. The van der Waals surface area contributed by atoms with Gasteiger partial charge in [0, 0.05) is 37.6 Å². The second-order valence-corrected chi connectivity index (χ2v) is 12.6. The standard InChI is InChI=1S/C28H38FN5O12S/c1-18(2)26-24(27(19-6-8-20(29)9-7-19)31-28(30-26)33(3)47(4,41)42)11-10-21(35)14-22(36)15-25(37)44-13-5-12-43-16-23(17-45-32-38)46-34(39)40/h6-11,18,21-23,35-36H,5,12-17H2,1-4H3/b11-10+. The fraction of sp³-hybridized carbons (Fsp3) is 0.536.